The fraction of sp³-hybridized carbons (Fsp3) is 0.368. The molecule has 0 amide bonds. The molecule has 0 spiro atoms. The van der Waals surface area contributed by atoms with Crippen molar-refractivity contribution in [1.82, 2.24) is 9.21 Å². The molecule has 2 aromatic carbocycles. The maximum atomic E-state index is 14.7. The Labute approximate surface area is 159 Å². The van der Waals surface area contributed by atoms with Gasteiger partial charge in [-0.25, -0.2) is 12.8 Å². The van der Waals surface area contributed by atoms with Crippen LogP contribution in [0, 0.1) is 5.82 Å². The minimum atomic E-state index is -3.82. The van der Waals surface area contributed by atoms with Gasteiger partial charge in [0.05, 0.1) is 0 Å². The van der Waals surface area contributed by atoms with Crippen LogP contribution in [0.1, 0.15) is 6.42 Å². The van der Waals surface area contributed by atoms with Gasteiger partial charge in [-0.2, -0.15) is 4.31 Å². The van der Waals surface area contributed by atoms with Crippen LogP contribution in [0.4, 0.5) is 4.39 Å². The van der Waals surface area contributed by atoms with E-state index in [4.69, 9.17) is 0 Å². The number of likely N-dealkylation sites (N-methyl/N-ethyl adjacent to an activating group) is 1. The molecule has 0 saturated carbocycles. The van der Waals surface area contributed by atoms with Crippen LogP contribution in [0.25, 0.3) is 11.1 Å². The number of thioether (sulfide) groups is 1. The summed E-state index contributed by atoms with van der Waals surface area (Å²) in [6.07, 6.45) is 2.74. The SMILES string of the molecule is CSc1cccc(-c2ccc(S(=O)(=O)N3CC[C@@H](N(C)C)C3)c(F)c2)c1. The van der Waals surface area contributed by atoms with E-state index in [0.717, 1.165) is 16.9 Å². The topological polar surface area (TPSA) is 40.6 Å². The van der Waals surface area contributed by atoms with Gasteiger partial charge >= 0.3 is 0 Å². The predicted molar refractivity (Wildman–Crippen MR) is 104 cm³/mol. The van der Waals surface area contributed by atoms with E-state index < -0.39 is 15.8 Å². The molecule has 7 heteroatoms. The number of benzene rings is 2. The van der Waals surface area contributed by atoms with Gasteiger partial charge in [0.1, 0.15) is 10.7 Å². The molecule has 1 heterocycles. The Balaban J connectivity index is 1.90. The molecule has 1 fully saturated rings. The van der Waals surface area contributed by atoms with Gasteiger partial charge in [0.15, 0.2) is 0 Å². The van der Waals surface area contributed by atoms with E-state index in [1.54, 1.807) is 17.8 Å². The highest BCUT2D eigenvalue weighted by molar-refractivity contribution is 7.98. The van der Waals surface area contributed by atoms with E-state index in [9.17, 15) is 12.8 Å². The van der Waals surface area contributed by atoms with Crippen molar-refractivity contribution < 1.29 is 12.8 Å². The lowest BCUT2D eigenvalue weighted by Gasteiger charge is -2.20. The van der Waals surface area contributed by atoms with Crippen molar-refractivity contribution in [2.24, 2.45) is 0 Å². The summed E-state index contributed by atoms with van der Waals surface area (Å²) >= 11 is 1.61. The van der Waals surface area contributed by atoms with Gasteiger partial charge in [-0.3, -0.25) is 0 Å². The molecule has 26 heavy (non-hydrogen) atoms. The second kappa shape index (κ2) is 7.68. The third-order valence-corrected chi connectivity index (χ3v) is 7.43. The van der Waals surface area contributed by atoms with Crippen LogP contribution in [-0.4, -0.2) is 57.1 Å². The Bertz CT molecular complexity index is 900. The highest BCUT2D eigenvalue weighted by atomic mass is 32.2. The van der Waals surface area contributed by atoms with Gasteiger partial charge in [-0.05, 0) is 62.2 Å². The molecule has 0 radical (unpaired) electrons. The van der Waals surface area contributed by atoms with E-state index in [2.05, 4.69) is 0 Å². The molecular weight excluding hydrogens is 371 g/mol. The zero-order valence-corrected chi connectivity index (χ0v) is 16.8. The summed E-state index contributed by atoms with van der Waals surface area (Å²) < 4.78 is 41.8. The summed E-state index contributed by atoms with van der Waals surface area (Å²) in [5, 5.41) is 0. The van der Waals surface area contributed by atoms with E-state index in [1.807, 2.05) is 49.5 Å². The molecule has 0 N–H and O–H groups in total. The highest BCUT2D eigenvalue weighted by Gasteiger charge is 2.34. The van der Waals surface area contributed by atoms with Crippen molar-refractivity contribution in [2.45, 2.75) is 22.3 Å². The first-order valence-corrected chi connectivity index (χ1v) is 11.1. The average molecular weight is 395 g/mol. The largest absolute Gasteiger partial charge is 0.305 e. The molecule has 1 atom stereocenters. The number of rotatable bonds is 5. The van der Waals surface area contributed by atoms with Crippen LogP contribution in [0.2, 0.25) is 0 Å². The lowest BCUT2D eigenvalue weighted by Crippen LogP contribution is -2.34. The molecular formula is C19H23FN2O2S2. The van der Waals surface area contributed by atoms with E-state index in [1.165, 1.54) is 16.4 Å². The normalized spacial score (nSPS) is 18.6. The third-order valence-electron chi connectivity index (χ3n) is 4.81. The van der Waals surface area contributed by atoms with Crippen LogP contribution < -0.4 is 0 Å². The molecule has 1 saturated heterocycles. The number of nitrogens with zero attached hydrogens (tertiary/aromatic N) is 2. The van der Waals surface area contributed by atoms with Crippen LogP contribution in [0.3, 0.4) is 0 Å². The maximum Gasteiger partial charge on any atom is 0.246 e. The molecule has 0 bridgehead atoms. The predicted octanol–water partition coefficient (Wildman–Crippen LogP) is 3.54. The van der Waals surface area contributed by atoms with Gasteiger partial charge in [0.25, 0.3) is 0 Å². The molecule has 0 aliphatic carbocycles. The van der Waals surface area contributed by atoms with Crippen molar-refractivity contribution in [3.63, 3.8) is 0 Å². The van der Waals surface area contributed by atoms with Crippen LogP contribution in [-0.2, 0) is 10.0 Å². The highest BCUT2D eigenvalue weighted by Crippen LogP contribution is 2.29. The third kappa shape index (κ3) is 3.81. The quantitative estimate of drug-likeness (QED) is 0.728. The van der Waals surface area contributed by atoms with Crippen LogP contribution in [0.5, 0.6) is 0 Å². The van der Waals surface area contributed by atoms with Gasteiger partial charge in [-0.1, -0.05) is 18.2 Å². The summed E-state index contributed by atoms with van der Waals surface area (Å²) in [6.45, 7) is 0.814. The molecule has 2 aromatic rings. The second-order valence-corrected chi connectivity index (χ2v) is 9.43. The Hall–Kier alpha value is -1.41. The average Bonchev–Trinajstić information content (AvgIpc) is 3.13. The summed E-state index contributed by atoms with van der Waals surface area (Å²) in [5.41, 5.74) is 1.54. The van der Waals surface area contributed by atoms with Crippen LogP contribution in [0.15, 0.2) is 52.3 Å². The number of hydrogen-bond acceptors (Lipinski definition) is 4. The monoisotopic (exact) mass is 394 g/mol. The summed E-state index contributed by atoms with van der Waals surface area (Å²) in [6, 6.07) is 12.3. The number of sulfonamides is 1. The minimum Gasteiger partial charge on any atom is -0.305 e. The van der Waals surface area contributed by atoms with Gasteiger partial charge in [-0.15, -0.1) is 11.8 Å². The lowest BCUT2D eigenvalue weighted by molar-refractivity contribution is 0.302. The van der Waals surface area contributed by atoms with E-state index in [-0.39, 0.29) is 10.9 Å². The van der Waals surface area contributed by atoms with E-state index in [0.29, 0.717) is 18.7 Å². The summed E-state index contributed by atoms with van der Waals surface area (Å²) in [7, 11) is 0.0388. The Kier molecular flexibility index (Phi) is 5.72. The lowest BCUT2D eigenvalue weighted by atomic mass is 10.1. The molecule has 4 nitrogen and oxygen atoms in total. The summed E-state index contributed by atoms with van der Waals surface area (Å²) in [4.78, 5) is 2.83. The van der Waals surface area contributed by atoms with Gasteiger partial charge in [0.2, 0.25) is 10.0 Å². The second-order valence-electron chi connectivity index (χ2n) is 6.65. The Morgan fingerprint density at radius 1 is 1.15 bits per heavy atom. The zero-order valence-electron chi connectivity index (χ0n) is 15.1. The first-order valence-electron chi connectivity index (χ1n) is 8.43. The first-order chi connectivity index (χ1) is 12.3. The van der Waals surface area contributed by atoms with Crippen LogP contribution >= 0.6 is 11.8 Å². The molecule has 1 aliphatic rings. The maximum absolute atomic E-state index is 14.7. The fourth-order valence-corrected chi connectivity index (χ4v) is 5.18. The summed E-state index contributed by atoms with van der Waals surface area (Å²) in [5.74, 6) is -0.703. The van der Waals surface area contributed by atoms with Crippen molar-refractivity contribution in [3.8, 4) is 11.1 Å². The van der Waals surface area contributed by atoms with E-state index >= 15 is 0 Å². The van der Waals surface area contributed by atoms with Crippen molar-refractivity contribution in [3.05, 3.63) is 48.3 Å². The van der Waals surface area contributed by atoms with Crippen molar-refractivity contribution in [2.75, 3.05) is 33.4 Å². The molecule has 140 valence electrons. The molecule has 0 unspecified atom stereocenters. The smallest absolute Gasteiger partial charge is 0.246 e. The fourth-order valence-electron chi connectivity index (χ4n) is 3.18. The van der Waals surface area contributed by atoms with Gasteiger partial charge < -0.3 is 4.90 Å². The number of hydrogen-bond donors (Lipinski definition) is 0. The Morgan fingerprint density at radius 3 is 2.50 bits per heavy atom. The number of halogens is 1. The standard InChI is InChI=1S/C19H23FN2O2S2/c1-21(2)16-9-10-22(13-16)26(23,24)19-8-7-15(12-18(19)20)14-5-4-6-17(11-14)25-3/h4-8,11-12,16H,9-10,13H2,1-3H3/t16-/m1/s1. The van der Waals surface area contributed by atoms with Gasteiger partial charge in [0, 0.05) is 24.0 Å². The zero-order chi connectivity index (χ0) is 18.9. The first kappa shape index (κ1) is 19.4. The Morgan fingerprint density at radius 2 is 1.88 bits per heavy atom. The minimum absolute atomic E-state index is 0.168. The molecule has 0 aromatic heterocycles. The van der Waals surface area contributed by atoms with Crippen molar-refractivity contribution >= 4 is 21.8 Å². The molecule has 3 rings (SSSR count). The van der Waals surface area contributed by atoms with Crippen molar-refractivity contribution in [1.29, 1.82) is 0 Å². The molecule has 1 aliphatic heterocycles.